The van der Waals surface area contributed by atoms with Gasteiger partial charge in [-0.05, 0) is 59.3 Å². The van der Waals surface area contributed by atoms with Crippen molar-refractivity contribution < 1.29 is 23.5 Å². The topological polar surface area (TPSA) is 116 Å². The summed E-state index contributed by atoms with van der Waals surface area (Å²) in [5, 5.41) is 3.88. The molecule has 0 radical (unpaired) electrons. The number of amides is 3. The molecule has 3 heterocycles. The third kappa shape index (κ3) is 4.24. The number of carbonyl (C=O) groups excluding carboxylic acids is 3. The molecular formula is C29H24FN5O4. The van der Waals surface area contributed by atoms with Crippen LogP contribution in [0.25, 0.3) is 10.4 Å². The minimum atomic E-state index is -0.944. The summed E-state index contributed by atoms with van der Waals surface area (Å²) in [6.07, 6.45) is -0.293. The van der Waals surface area contributed by atoms with Crippen LogP contribution >= 0.6 is 0 Å². The van der Waals surface area contributed by atoms with E-state index in [0.29, 0.717) is 13.0 Å². The molecule has 3 aliphatic rings. The Balaban J connectivity index is 1.28. The van der Waals surface area contributed by atoms with E-state index in [9.17, 15) is 24.3 Å². The highest BCUT2D eigenvalue weighted by Gasteiger charge is 2.47. The lowest BCUT2D eigenvalue weighted by atomic mass is 9.87. The molecule has 39 heavy (non-hydrogen) atoms. The zero-order valence-electron chi connectivity index (χ0n) is 20.8. The molecule has 0 aromatic heterocycles. The van der Waals surface area contributed by atoms with E-state index in [-0.39, 0.29) is 35.9 Å². The van der Waals surface area contributed by atoms with Gasteiger partial charge in [0.1, 0.15) is 11.9 Å². The summed E-state index contributed by atoms with van der Waals surface area (Å²) in [7, 11) is 0. The Morgan fingerprint density at radius 3 is 2.33 bits per heavy atom. The van der Waals surface area contributed by atoms with Gasteiger partial charge in [-0.25, -0.2) is 4.39 Å². The number of nitrogens with zero attached hydrogens (tertiary/aromatic N) is 5. The molecule has 4 atom stereocenters. The lowest BCUT2D eigenvalue weighted by Gasteiger charge is -2.42. The largest absolute Gasteiger partial charge is 0.366 e. The van der Waals surface area contributed by atoms with Crippen LogP contribution in [-0.2, 0) is 16.0 Å². The molecule has 3 aliphatic heterocycles. The predicted octanol–water partition coefficient (Wildman–Crippen LogP) is 4.43. The normalized spacial score (nSPS) is 24.1. The average Bonchev–Trinajstić information content (AvgIpc) is 3.22. The lowest BCUT2D eigenvalue weighted by molar-refractivity contribution is -0.151. The number of hydrogen-bond donors (Lipinski definition) is 0. The van der Waals surface area contributed by atoms with E-state index < -0.39 is 36.0 Å². The Hall–Kier alpha value is -4.53. The van der Waals surface area contributed by atoms with Gasteiger partial charge >= 0.3 is 0 Å². The second-order valence-corrected chi connectivity index (χ2v) is 9.86. The van der Waals surface area contributed by atoms with E-state index in [1.165, 1.54) is 12.1 Å². The zero-order valence-corrected chi connectivity index (χ0v) is 20.8. The molecule has 9 nitrogen and oxygen atoms in total. The van der Waals surface area contributed by atoms with Crippen molar-refractivity contribution in [2.45, 2.75) is 37.1 Å². The molecule has 0 aliphatic carbocycles. The molecule has 3 aromatic rings. The third-order valence-corrected chi connectivity index (χ3v) is 7.75. The highest BCUT2D eigenvalue weighted by Crippen LogP contribution is 2.37. The Kier molecular flexibility index (Phi) is 6.34. The molecule has 196 valence electrons. The molecule has 1 saturated heterocycles. The minimum Gasteiger partial charge on any atom is -0.366 e. The number of carbonyl (C=O) groups is 3. The van der Waals surface area contributed by atoms with E-state index >= 15 is 0 Å². The minimum absolute atomic E-state index is 0.00918. The molecule has 0 saturated carbocycles. The number of benzene rings is 3. The summed E-state index contributed by atoms with van der Waals surface area (Å²) < 4.78 is 19.7. The molecular weight excluding hydrogens is 501 g/mol. The van der Waals surface area contributed by atoms with Crippen LogP contribution < -0.4 is 0 Å². The molecule has 0 bridgehead atoms. The van der Waals surface area contributed by atoms with Crippen LogP contribution in [0.3, 0.4) is 0 Å². The third-order valence-electron chi connectivity index (χ3n) is 7.75. The Bertz CT molecular complexity index is 1490. The second kappa shape index (κ2) is 9.98. The summed E-state index contributed by atoms with van der Waals surface area (Å²) in [6, 6.07) is 18.3. The van der Waals surface area contributed by atoms with Gasteiger partial charge in [0.25, 0.3) is 17.7 Å². The maximum absolute atomic E-state index is 13.9. The van der Waals surface area contributed by atoms with E-state index in [1.807, 2.05) is 24.3 Å². The van der Waals surface area contributed by atoms with Gasteiger partial charge in [0.2, 0.25) is 0 Å². The van der Waals surface area contributed by atoms with Gasteiger partial charge in [0.05, 0.1) is 35.9 Å². The van der Waals surface area contributed by atoms with E-state index in [1.54, 1.807) is 41.3 Å². The number of imide groups is 1. The van der Waals surface area contributed by atoms with Crippen molar-refractivity contribution >= 4 is 17.7 Å². The van der Waals surface area contributed by atoms with Crippen LogP contribution in [0.15, 0.2) is 77.9 Å². The lowest BCUT2D eigenvalue weighted by Crippen LogP contribution is -2.56. The fraction of sp³-hybridized carbons (Fsp3) is 0.276. The summed E-state index contributed by atoms with van der Waals surface area (Å²) in [4.78, 5) is 45.8. The van der Waals surface area contributed by atoms with Crippen molar-refractivity contribution in [3.05, 3.63) is 117 Å². The highest BCUT2D eigenvalue weighted by molar-refractivity contribution is 6.21. The van der Waals surface area contributed by atoms with Crippen LogP contribution in [0, 0.1) is 5.82 Å². The zero-order chi connectivity index (χ0) is 27.1. The first-order valence-electron chi connectivity index (χ1n) is 12.7. The monoisotopic (exact) mass is 525 g/mol. The first-order chi connectivity index (χ1) is 19.0. The average molecular weight is 526 g/mol. The molecule has 0 N–H and O–H groups in total. The number of hydrogen-bond acceptors (Lipinski definition) is 5. The standard InChI is InChI=1S/C29H24FN5O4/c30-19-11-9-18(10-12-19)26-20-6-2-1-5-17(20)13-14-34(26)29(38)25-15-23(32-33-31)24(16-39-25)35-27(36)21-7-3-4-8-22(21)28(35)37/h1-12,23-26H,13-16H2/t23-,24+,25+,26-/m0/s1. The quantitative estimate of drug-likeness (QED) is 0.217. The van der Waals surface area contributed by atoms with Gasteiger partial charge < -0.3 is 9.64 Å². The van der Waals surface area contributed by atoms with Crippen molar-refractivity contribution in [3.63, 3.8) is 0 Å². The van der Waals surface area contributed by atoms with E-state index in [0.717, 1.165) is 21.6 Å². The van der Waals surface area contributed by atoms with Crippen LogP contribution in [0.5, 0.6) is 0 Å². The van der Waals surface area contributed by atoms with E-state index in [2.05, 4.69) is 10.0 Å². The Morgan fingerprint density at radius 1 is 0.974 bits per heavy atom. The maximum Gasteiger partial charge on any atom is 0.261 e. The van der Waals surface area contributed by atoms with Crippen molar-refractivity contribution in [3.8, 4) is 0 Å². The first-order valence-corrected chi connectivity index (χ1v) is 12.7. The molecule has 3 aromatic carbocycles. The van der Waals surface area contributed by atoms with Crippen LogP contribution in [-0.4, -0.2) is 58.9 Å². The predicted molar refractivity (Wildman–Crippen MR) is 138 cm³/mol. The highest BCUT2D eigenvalue weighted by atomic mass is 19.1. The van der Waals surface area contributed by atoms with Crippen molar-refractivity contribution in [1.29, 1.82) is 0 Å². The molecule has 0 spiro atoms. The summed E-state index contributed by atoms with van der Waals surface area (Å²) in [6.45, 7) is 0.281. The molecule has 6 rings (SSSR count). The molecule has 10 heteroatoms. The summed E-state index contributed by atoms with van der Waals surface area (Å²) in [5.41, 5.74) is 12.7. The summed E-state index contributed by atoms with van der Waals surface area (Å²) in [5.74, 6) is -1.61. The fourth-order valence-electron chi connectivity index (χ4n) is 5.88. The first kappa shape index (κ1) is 24.8. The summed E-state index contributed by atoms with van der Waals surface area (Å²) >= 11 is 0. The molecule has 3 amide bonds. The second-order valence-electron chi connectivity index (χ2n) is 9.86. The van der Waals surface area contributed by atoms with Crippen molar-refractivity contribution in [2.75, 3.05) is 13.2 Å². The van der Waals surface area contributed by atoms with Crippen molar-refractivity contribution in [2.24, 2.45) is 5.11 Å². The van der Waals surface area contributed by atoms with Gasteiger partial charge in [-0.15, -0.1) is 0 Å². The molecule has 0 unspecified atom stereocenters. The number of azide groups is 1. The maximum atomic E-state index is 13.9. The van der Waals surface area contributed by atoms with Gasteiger partial charge in [0.15, 0.2) is 0 Å². The number of halogens is 1. The molecule has 1 fully saturated rings. The van der Waals surface area contributed by atoms with Crippen LogP contribution in [0.4, 0.5) is 4.39 Å². The number of fused-ring (bicyclic) bond motifs is 2. The Labute approximate surface area is 223 Å². The fourth-order valence-corrected chi connectivity index (χ4v) is 5.88. The number of rotatable bonds is 4. The number of ether oxygens (including phenoxy) is 1. The van der Waals surface area contributed by atoms with Crippen LogP contribution in [0.1, 0.15) is 49.9 Å². The Morgan fingerprint density at radius 2 is 1.64 bits per heavy atom. The van der Waals surface area contributed by atoms with Crippen LogP contribution in [0.2, 0.25) is 0 Å². The smallest absolute Gasteiger partial charge is 0.261 e. The van der Waals surface area contributed by atoms with Gasteiger partial charge in [-0.3, -0.25) is 19.3 Å². The SMILES string of the molecule is [N-]=[N+]=N[C@H]1C[C@H](C(=O)N2CCc3ccccc3[C@@H]2c2ccc(F)cc2)OC[C@H]1N1C(=O)c2ccccc2C1=O. The van der Waals surface area contributed by atoms with Gasteiger partial charge in [-0.1, -0.05) is 53.6 Å². The van der Waals surface area contributed by atoms with Gasteiger partial charge in [0, 0.05) is 11.5 Å². The van der Waals surface area contributed by atoms with Crippen molar-refractivity contribution in [1.82, 2.24) is 9.80 Å². The van der Waals surface area contributed by atoms with E-state index in [4.69, 9.17) is 4.74 Å². The van der Waals surface area contributed by atoms with Gasteiger partial charge in [-0.2, -0.15) is 0 Å².